The molecule has 2 aromatic rings. The van der Waals surface area contributed by atoms with E-state index in [4.69, 9.17) is 5.73 Å². The van der Waals surface area contributed by atoms with Crippen molar-refractivity contribution in [1.82, 2.24) is 19.7 Å². The molecule has 5 nitrogen and oxygen atoms in total. The largest absolute Gasteiger partial charge is 0.383 e. The zero-order valence-electron chi connectivity index (χ0n) is 8.73. The van der Waals surface area contributed by atoms with Crippen molar-refractivity contribution in [2.75, 3.05) is 5.73 Å². The fourth-order valence-electron chi connectivity index (χ4n) is 1.14. The molecule has 0 amide bonds. The van der Waals surface area contributed by atoms with Gasteiger partial charge in [0.1, 0.15) is 12.1 Å². The first kappa shape index (κ1) is 10.4. The lowest BCUT2D eigenvalue weighted by Gasteiger charge is -1.96. The second-order valence-electron chi connectivity index (χ2n) is 2.46. The number of nitrogens with two attached hydrogens (primary N) is 1. The topological polar surface area (TPSA) is 69.6 Å². The minimum atomic E-state index is 0.486. The summed E-state index contributed by atoms with van der Waals surface area (Å²) >= 11 is 0. The Morgan fingerprint density at radius 3 is 2.71 bits per heavy atom. The lowest BCUT2D eigenvalue weighted by atomic mass is 10.4. The zero-order chi connectivity index (χ0) is 10.6. The summed E-state index contributed by atoms with van der Waals surface area (Å²) in [5, 5.41) is 4.93. The van der Waals surface area contributed by atoms with E-state index >= 15 is 0 Å². The molecule has 2 aromatic heterocycles. The Kier molecular flexibility index (Phi) is 3.39. The highest BCUT2D eigenvalue weighted by Crippen LogP contribution is 2.14. The predicted octanol–water partition coefficient (Wildman–Crippen LogP) is 1.45. The highest BCUT2D eigenvalue weighted by molar-refractivity contribution is 5.84. The lowest BCUT2D eigenvalue weighted by molar-refractivity contribution is 0.676. The first-order chi connectivity index (χ1) is 6.83. The van der Waals surface area contributed by atoms with Crippen molar-refractivity contribution in [3.05, 3.63) is 12.5 Å². The van der Waals surface area contributed by atoms with E-state index in [0.29, 0.717) is 5.82 Å². The Bertz CT molecular complexity index is 406. The Morgan fingerprint density at radius 2 is 2.07 bits per heavy atom. The van der Waals surface area contributed by atoms with Crippen molar-refractivity contribution in [3.63, 3.8) is 0 Å². The number of nitrogen functional groups attached to an aromatic ring is 1. The molecule has 0 aromatic carbocycles. The molecule has 0 bridgehead atoms. The summed E-state index contributed by atoms with van der Waals surface area (Å²) in [6.07, 6.45) is 3.14. The minimum Gasteiger partial charge on any atom is -0.383 e. The quantitative estimate of drug-likeness (QED) is 0.744. The molecule has 0 saturated heterocycles. The molecule has 76 valence electrons. The molecule has 5 heteroatoms. The molecule has 0 spiro atoms. The van der Waals surface area contributed by atoms with Gasteiger partial charge in [0.05, 0.1) is 11.6 Å². The van der Waals surface area contributed by atoms with Crippen molar-refractivity contribution in [1.29, 1.82) is 0 Å². The van der Waals surface area contributed by atoms with Crippen molar-refractivity contribution < 1.29 is 0 Å². The van der Waals surface area contributed by atoms with E-state index < -0.39 is 0 Å². The van der Waals surface area contributed by atoms with Gasteiger partial charge < -0.3 is 5.73 Å². The highest BCUT2D eigenvalue weighted by Gasteiger charge is 2.04. The summed E-state index contributed by atoms with van der Waals surface area (Å²) < 4.78 is 1.79. The molecule has 2 heterocycles. The Hall–Kier alpha value is -1.65. The highest BCUT2D eigenvalue weighted by atomic mass is 15.3. The van der Waals surface area contributed by atoms with Crippen LogP contribution in [0.5, 0.6) is 0 Å². The fraction of sp³-hybridized carbons (Fsp3) is 0.444. The van der Waals surface area contributed by atoms with Gasteiger partial charge in [0.2, 0.25) is 0 Å². The normalized spacial score (nSPS) is 9.64. The molecular weight excluding hydrogens is 178 g/mol. The monoisotopic (exact) mass is 193 g/mol. The maximum absolute atomic E-state index is 5.62. The summed E-state index contributed by atoms with van der Waals surface area (Å²) in [4.78, 5) is 7.95. The fourth-order valence-corrected chi connectivity index (χ4v) is 1.14. The maximum Gasteiger partial charge on any atom is 0.163 e. The van der Waals surface area contributed by atoms with Gasteiger partial charge in [0.25, 0.3) is 0 Å². The Labute approximate surface area is 83.0 Å². The SMILES string of the molecule is CC.CCn1ncc2c(N)ncnc21. The number of fused-ring (bicyclic) bond motifs is 1. The van der Waals surface area contributed by atoms with Crippen LogP contribution in [0.4, 0.5) is 5.82 Å². The first-order valence-electron chi connectivity index (χ1n) is 4.75. The standard InChI is InChI=1S/C7H9N5.C2H6/c1-2-12-7-5(3-11-12)6(8)9-4-10-7;1-2/h3-4H,2H2,1H3,(H2,8,9,10);1-2H3. The van der Waals surface area contributed by atoms with E-state index in [2.05, 4.69) is 15.1 Å². The van der Waals surface area contributed by atoms with Gasteiger partial charge >= 0.3 is 0 Å². The Morgan fingerprint density at radius 1 is 1.36 bits per heavy atom. The van der Waals surface area contributed by atoms with Gasteiger partial charge in [0.15, 0.2) is 5.65 Å². The van der Waals surface area contributed by atoms with Crippen LogP contribution in [0.1, 0.15) is 20.8 Å². The number of aromatic nitrogens is 4. The van der Waals surface area contributed by atoms with E-state index in [0.717, 1.165) is 17.6 Å². The van der Waals surface area contributed by atoms with Gasteiger partial charge in [-0.05, 0) is 6.92 Å². The number of anilines is 1. The number of nitrogens with zero attached hydrogens (tertiary/aromatic N) is 4. The van der Waals surface area contributed by atoms with Crippen LogP contribution < -0.4 is 5.73 Å². The third-order valence-electron chi connectivity index (χ3n) is 1.76. The van der Waals surface area contributed by atoms with Crippen molar-refractivity contribution in [2.45, 2.75) is 27.3 Å². The van der Waals surface area contributed by atoms with Gasteiger partial charge in [-0.25, -0.2) is 14.6 Å². The second kappa shape index (κ2) is 4.55. The van der Waals surface area contributed by atoms with E-state index in [1.54, 1.807) is 10.9 Å². The average Bonchev–Trinajstić information content (AvgIpc) is 2.65. The molecule has 0 aliphatic carbocycles. The molecule has 14 heavy (non-hydrogen) atoms. The van der Waals surface area contributed by atoms with Crippen molar-refractivity contribution in [3.8, 4) is 0 Å². The van der Waals surface area contributed by atoms with Gasteiger partial charge in [-0.15, -0.1) is 0 Å². The van der Waals surface area contributed by atoms with Crippen LogP contribution in [-0.2, 0) is 6.54 Å². The van der Waals surface area contributed by atoms with Crippen LogP contribution >= 0.6 is 0 Å². The van der Waals surface area contributed by atoms with Crippen LogP contribution in [0.15, 0.2) is 12.5 Å². The van der Waals surface area contributed by atoms with Gasteiger partial charge in [-0.3, -0.25) is 0 Å². The third kappa shape index (κ3) is 1.66. The smallest absolute Gasteiger partial charge is 0.163 e. The maximum atomic E-state index is 5.62. The van der Waals surface area contributed by atoms with Crippen LogP contribution in [0.2, 0.25) is 0 Å². The van der Waals surface area contributed by atoms with Gasteiger partial charge in [-0.2, -0.15) is 5.10 Å². The third-order valence-corrected chi connectivity index (χ3v) is 1.76. The van der Waals surface area contributed by atoms with E-state index in [1.165, 1.54) is 6.33 Å². The summed E-state index contributed by atoms with van der Waals surface area (Å²) in [5.41, 5.74) is 6.42. The van der Waals surface area contributed by atoms with E-state index in [1.807, 2.05) is 20.8 Å². The summed E-state index contributed by atoms with van der Waals surface area (Å²) in [5.74, 6) is 0.486. The van der Waals surface area contributed by atoms with E-state index in [9.17, 15) is 0 Å². The van der Waals surface area contributed by atoms with Crippen LogP contribution in [-0.4, -0.2) is 19.7 Å². The van der Waals surface area contributed by atoms with E-state index in [-0.39, 0.29) is 0 Å². The summed E-state index contributed by atoms with van der Waals surface area (Å²) in [6.45, 7) is 6.80. The zero-order valence-corrected chi connectivity index (χ0v) is 8.73. The van der Waals surface area contributed by atoms with Gasteiger partial charge in [0, 0.05) is 6.54 Å². The lowest BCUT2D eigenvalue weighted by Crippen LogP contribution is -1.98. The first-order valence-corrected chi connectivity index (χ1v) is 4.75. The van der Waals surface area contributed by atoms with Crippen molar-refractivity contribution in [2.24, 2.45) is 0 Å². The van der Waals surface area contributed by atoms with Crippen LogP contribution in [0, 0.1) is 0 Å². The predicted molar refractivity (Wildman–Crippen MR) is 56.8 cm³/mol. The van der Waals surface area contributed by atoms with Gasteiger partial charge in [-0.1, -0.05) is 13.8 Å². The molecule has 0 aliphatic heterocycles. The van der Waals surface area contributed by atoms with Crippen LogP contribution in [0.25, 0.3) is 11.0 Å². The minimum absolute atomic E-state index is 0.486. The summed E-state index contributed by atoms with van der Waals surface area (Å²) in [6, 6.07) is 0. The molecular formula is C9H15N5. The average molecular weight is 193 g/mol. The molecule has 2 N–H and O–H groups in total. The molecule has 0 unspecified atom stereocenters. The Balaban J connectivity index is 0.000000461. The number of aryl methyl sites for hydroxylation is 1. The number of rotatable bonds is 1. The van der Waals surface area contributed by atoms with Crippen LogP contribution in [0.3, 0.4) is 0 Å². The number of hydrogen-bond donors (Lipinski definition) is 1. The molecule has 0 aliphatic rings. The number of hydrogen-bond acceptors (Lipinski definition) is 4. The molecule has 2 rings (SSSR count). The molecule has 0 fully saturated rings. The van der Waals surface area contributed by atoms with Crippen molar-refractivity contribution >= 4 is 16.9 Å². The molecule has 0 saturated carbocycles. The summed E-state index contributed by atoms with van der Waals surface area (Å²) in [7, 11) is 0. The second-order valence-corrected chi connectivity index (χ2v) is 2.46. The molecule has 0 atom stereocenters. The molecule has 0 radical (unpaired) electrons.